The van der Waals surface area contributed by atoms with Crippen molar-refractivity contribution in [2.24, 2.45) is 5.92 Å². The second-order valence-corrected chi connectivity index (χ2v) is 9.83. The van der Waals surface area contributed by atoms with Crippen molar-refractivity contribution in [1.82, 2.24) is 14.8 Å². The standard InChI is InChI=1S/C22H27N3O2S/c1-16-4-7-19(28-16)13-24-14-20(18-3-2-8-23-11-18)22(15-24)21(26)25(9-10-27-22)12-17-5-6-17/h2-4,7-8,11,17,20H,5-6,9-10,12-15H2,1H3/t20-,22-/m1/s1. The summed E-state index contributed by atoms with van der Waals surface area (Å²) in [4.78, 5) is 25.1. The number of aryl methyl sites for hydroxylation is 1. The predicted octanol–water partition coefficient (Wildman–Crippen LogP) is 3.06. The number of pyridine rings is 1. The monoisotopic (exact) mass is 397 g/mol. The summed E-state index contributed by atoms with van der Waals surface area (Å²) in [7, 11) is 0. The lowest BCUT2D eigenvalue weighted by atomic mass is 9.83. The molecule has 5 nitrogen and oxygen atoms in total. The van der Waals surface area contributed by atoms with E-state index >= 15 is 0 Å². The smallest absolute Gasteiger partial charge is 0.256 e. The van der Waals surface area contributed by atoms with Gasteiger partial charge in [-0.05, 0) is 49.4 Å². The molecule has 6 heteroatoms. The van der Waals surface area contributed by atoms with Crippen LogP contribution in [0.25, 0.3) is 0 Å². The molecule has 3 aliphatic rings. The molecule has 2 aromatic rings. The summed E-state index contributed by atoms with van der Waals surface area (Å²) >= 11 is 1.83. The molecule has 28 heavy (non-hydrogen) atoms. The van der Waals surface area contributed by atoms with Gasteiger partial charge in [-0.1, -0.05) is 6.07 Å². The lowest BCUT2D eigenvalue weighted by molar-refractivity contribution is -0.172. The highest BCUT2D eigenvalue weighted by atomic mass is 32.1. The summed E-state index contributed by atoms with van der Waals surface area (Å²) in [5.74, 6) is 0.906. The van der Waals surface area contributed by atoms with Crippen LogP contribution < -0.4 is 0 Å². The molecule has 1 aliphatic carbocycles. The predicted molar refractivity (Wildman–Crippen MR) is 109 cm³/mol. The summed E-state index contributed by atoms with van der Waals surface area (Å²) < 4.78 is 6.35. The van der Waals surface area contributed by atoms with E-state index in [1.807, 2.05) is 23.6 Å². The largest absolute Gasteiger partial charge is 0.361 e. The van der Waals surface area contributed by atoms with E-state index in [-0.39, 0.29) is 11.8 Å². The first-order valence-corrected chi connectivity index (χ1v) is 11.1. The zero-order valence-electron chi connectivity index (χ0n) is 16.3. The number of amides is 1. The fraction of sp³-hybridized carbons (Fsp3) is 0.545. The van der Waals surface area contributed by atoms with E-state index in [0.29, 0.717) is 19.1 Å². The average molecular weight is 398 g/mol. The number of carbonyl (C=O) groups is 1. The second kappa shape index (κ2) is 7.25. The van der Waals surface area contributed by atoms with Gasteiger partial charge >= 0.3 is 0 Å². The van der Waals surface area contributed by atoms with Crippen LogP contribution in [0.4, 0.5) is 0 Å². The molecule has 1 saturated carbocycles. The second-order valence-electron chi connectivity index (χ2n) is 8.45. The van der Waals surface area contributed by atoms with Gasteiger partial charge in [0.25, 0.3) is 5.91 Å². The number of thiophene rings is 1. The minimum Gasteiger partial charge on any atom is -0.361 e. The molecule has 1 spiro atoms. The molecule has 2 atom stereocenters. The normalized spacial score (nSPS) is 28.4. The lowest BCUT2D eigenvalue weighted by Gasteiger charge is -2.42. The zero-order valence-corrected chi connectivity index (χ0v) is 17.2. The quantitative estimate of drug-likeness (QED) is 0.778. The molecule has 4 heterocycles. The third-order valence-electron chi connectivity index (χ3n) is 6.27. The molecule has 148 valence electrons. The molecular weight excluding hydrogens is 370 g/mol. The van der Waals surface area contributed by atoms with Gasteiger partial charge in [-0.15, -0.1) is 11.3 Å². The van der Waals surface area contributed by atoms with E-state index in [2.05, 4.69) is 39.9 Å². The zero-order chi connectivity index (χ0) is 19.1. The highest BCUT2D eigenvalue weighted by Gasteiger charge is 2.57. The first kappa shape index (κ1) is 18.3. The fourth-order valence-electron chi connectivity index (χ4n) is 4.70. The first-order valence-electron chi connectivity index (χ1n) is 10.2. The molecular formula is C22H27N3O2S. The molecule has 2 aromatic heterocycles. The SMILES string of the molecule is Cc1ccc(CN2C[C@H](c3cccnc3)[C@@]3(C2)OCCN(CC2CC2)C3=O)s1. The van der Waals surface area contributed by atoms with Crippen LogP contribution >= 0.6 is 11.3 Å². The van der Waals surface area contributed by atoms with Crippen LogP contribution in [0.2, 0.25) is 0 Å². The maximum atomic E-state index is 13.7. The maximum absolute atomic E-state index is 13.7. The minimum atomic E-state index is -0.775. The van der Waals surface area contributed by atoms with Gasteiger partial charge in [0.1, 0.15) is 0 Å². The Balaban J connectivity index is 1.44. The highest BCUT2D eigenvalue weighted by Crippen LogP contribution is 2.43. The van der Waals surface area contributed by atoms with Gasteiger partial charge in [0, 0.05) is 60.8 Å². The Morgan fingerprint density at radius 2 is 2.21 bits per heavy atom. The van der Waals surface area contributed by atoms with E-state index in [4.69, 9.17) is 4.74 Å². The Bertz CT molecular complexity index is 850. The van der Waals surface area contributed by atoms with Crippen LogP contribution in [0.3, 0.4) is 0 Å². The number of hydrogen-bond acceptors (Lipinski definition) is 5. The highest BCUT2D eigenvalue weighted by molar-refractivity contribution is 7.11. The summed E-state index contributed by atoms with van der Waals surface area (Å²) in [6.45, 7) is 6.74. The van der Waals surface area contributed by atoms with Gasteiger partial charge in [0.15, 0.2) is 5.60 Å². The van der Waals surface area contributed by atoms with Crippen molar-refractivity contribution in [2.75, 3.05) is 32.8 Å². The molecule has 0 unspecified atom stereocenters. The van der Waals surface area contributed by atoms with Crippen LogP contribution in [-0.4, -0.2) is 59.1 Å². The molecule has 1 amide bonds. The Kier molecular flexibility index (Phi) is 4.73. The Labute approximate surface area is 170 Å². The molecule has 2 saturated heterocycles. The number of aromatic nitrogens is 1. The molecule has 0 aromatic carbocycles. The van der Waals surface area contributed by atoms with E-state index in [9.17, 15) is 4.79 Å². The number of morpholine rings is 1. The molecule has 3 fully saturated rings. The van der Waals surface area contributed by atoms with E-state index < -0.39 is 5.60 Å². The number of rotatable bonds is 5. The first-order chi connectivity index (χ1) is 13.6. The van der Waals surface area contributed by atoms with Crippen molar-refractivity contribution in [3.63, 3.8) is 0 Å². The lowest BCUT2D eigenvalue weighted by Crippen LogP contribution is -2.60. The third-order valence-corrected chi connectivity index (χ3v) is 7.26. The Hall–Kier alpha value is -1.76. The van der Waals surface area contributed by atoms with Crippen molar-refractivity contribution >= 4 is 17.2 Å². The molecule has 0 N–H and O–H groups in total. The Morgan fingerprint density at radius 1 is 1.32 bits per heavy atom. The molecule has 0 bridgehead atoms. The number of hydrogen-bond donors (Lipinski definition) is 0. The van der Waals surface area contributed by atoms with E-state index in [1.54, 1.807) is 6.20 Å². The fourth-order valence-corrected chi connectivity index (χ4v) is 5.63. The number of likely N-dealkylation sites (tertiary alicyclic amines) is 1. The van der Waals surface area contributed by atoms with Gasteiger partial charge in [0.05, 0.1) is 6.61 Å². The van der Waals surface area contributed by atoms with Crippen LogP contribution in [0.5, 0.6) is 0 Å². The number of carbonyl (C=O) groups excluding carboxylic acids is 1. The van der Waals surface area contributed by atoms with Gasteiger partial charge < -0.3 is 9.64 Å². The topological polar surface area (TPSA) is 45.7 Å². The van der Waals surface area contributed by atoms with Crippen molar-refractivity contribution in [2.45, 2.75) is 37.8 Å². The maximum Gasteiger partial charge on any atom is 0.256 e. The van der Waals surface area contributed by atoms with Crippen molar-refractivity contribution in [3.8, 4) is 0 Å². The average Bonchev–Trinajstić information content (AvgIpc) is 3.32. The van der Waals surface area contributed by atoms with E-state index in [0.717, 1.165) is 31.7 Å². The van der Waals surface area contributed by atoms with Gasteiger partial charge in [0.2, 0.25) is 0 Å². The molecule has 0 radical (unpaired) electrons. The number of ether oxygens (including phenoxy) is 1. The van der Waals surface area contributed by atoms with Gasteiger partial charge in [-0.3, -0.25) is 14.7 Å². The summed E-state index contributed by atoms with van der Waals surface area (Å²) in [5, 5.41) is 0. The van der Waals surface area contributed by atoms with Crippen LogP contribution in [0, 0.1) is 12.8 Å². The van der Waals surface area contributed by atoms with Crippen LogP contribution in [0.15, 0.2) is 36.7 Å². The minimum absolute atomic E-state index is 0.0248. The van der Waals surface area contributed by atoms with Gasteiger partial charge in [-0.2, -0.15) is 0 Å². The number of nitrogens with zero attached hydrogens (tertiary/aromatic N) is 3. The summed E-state index contributed by atoms with van der Waals surface area (Å²) in [6, 6.07) is 8.43. The van der Waals surface area contributed by atoms with Crippen LogP contribution in [-0.2, 0) is 16.1 Å². The molecule has 2 aliphatic heterocycles. The van der Waals surface area contributed by atoms with Crippen molar-refractivity contribution in [1.29, 1.82) is 0 Å². The van der Waals surface area contributed by atoms with E-state index in [1.165, 1.54) is 22.6 Å². The summed E-state index contributed by atoms with van der Waals surface area (Å²) in [6.07, 6.45) is 6.21. The van der Waals surface area contributed by atoms with Crippen molar-refractivity contribution < 1.29 is 9.53 Å². The summed E-state index contributed by atoms with van der Waals surface area (Å²) in [5.41, 5.74) is 0.330. The molecule has 5 rings (SSSR count). The van der Waals surface area contributed by atoms with Crippen LogP contribution in [0.1, 0.15) is 34.1 Å². The van der Waals surface area contributed by atoms with Gasteiger partial charge in [-0.25, -0.2) is 0 Å². The Morgan fingerprint density at radius 3 is 2.93 bits per heavy atom. The third kappa shape index (κ3) is 3.38. The van der Waals surface area contributed by atoms with Crippen molar-refractivity contribution in [3.05, 3.63) is 52.0 Å².